The van der Waals surface area contributed by atoms with Gasteiger partial charge in [0.1, 0.15) is 0 Å². The average Bonchev–Trinajstić information content (AvgIpc) is 3.49. The van der Waals surface area contributed by atoms with Crippen LogP contribution in [0.1, 0.15) is 22.3 Å². The maximum Gasteiger partial charge on any atom is 0.0622 e. The number of para-hydroxylation sites is 1. The summed E-state index contributed by atoms with van der Waals surface area (Å²) in [7, 11) is 0. The van der Waals surface area contributed by atoms with Crippen molar-refractivity contribution in [1.29, 1.82) is 0 Å². The highest BCUT2D eigenvalue weighted by molar-refractivity contribution is 6.15. The third-order valence-electron chi connectivity index (χ3n) is 8.59. The predicted octanol–water partition coefficient (Wildman–Crippen LogP) is 9.08. The minimum absolute atomic E-state index is 1.000. The van der Waals surface area contributed by atoms with Crippen LogP contribution >= 0.6 is 0 Å². The second-order valence-electron chi connectivity index (χ2n) is 10.5. The van der Waals surface area contributed by atoms with Crippen LogP contribution in [-0.2, 0) is 12.8 Å². The molecule has 0 radical (unpaired) electrons. The lowest BCUT2D eigenvalue weighted by atomic mass is 9.83. The Morgan fingerprint density at radius 1 is 0.486 bits per heavy atom. The molecule has 9 rings (SSSR count). The van der Waals surface area contributed by atoms with E-state index in [0.717, 1.165) is 12.8 Å². The molecule has 1 aromatic heterocycles. The molecule has 0 fully saturated rings. The summed E-state index contributed by atoms with van der Waals surface area (Å²) in [4.78, 5) is 0. The van der Waals surface area contributed by atoms with Gasteiger partial charge < -0.3 is 4.57 Å². The topological polar surface area (TPSA) is 4.93 Å². The third-order valence-corrected chi connectivity index (χ3v) is 8.59. The van der Waals surface area contributed by atoms with Crippen LogP contribution in [0.15, 0.2) is 115 Å². The molecule has 1 heteroatoms. The van der Waals surface area contributed by atoms with Crippen molar-refractivity contribution in [3.63, 3.8) is 0 Å². The molecule has 2 aliphatic carbocycles. The van der Waals surface area contributed by atoms with E-state index in [-0.39, 0.29) is 0 Å². The molecule has 6 aromatic carbocycles. The van der Waals surface area contributed by atoms with Crippen molar-refractivity contribution in [1.82, 2.24) is 4.57 Å². The van der Waals surface area contributed by atoms with E-state index >= 15 is 0 Å². The third kappa shape index (κ3) is 2.53. The second kappa shape index (κ2) is 6.99. The van der Waals surface area contributed by atoms with Crippen molar-refractivity contribution in [2.24, 2.45) is 0 Å². The minimum atomic E-state index is 1.000. The van der Waals surface area contributed by atoms with Gasteiger partial charge in [0.25, 0.3) is 0 Å². The summed E-state index contributed by atoms with van der Waals surface area (Å²) in [6.45, 7) is 0. The van der Waals surface area contributed by atoms with Crippen molar-refractivity contribution < 1.29 is 0 Å². The zero-order chi connectivity index (χ0) is 24.1. The van der Waals surface area contributed by atoms with E-state index < -0.39 is 0 Å². The number of rotatable bonds is 1. The molecule has 0 unspecified atom stereocenters. The van der Waals surface area contributed by atoms with E-state index in [9.17, 15) is 0 Å². The molecule has 172 valence electrons. The highest BCUT2D eigenvalue weighted by Crippen LogP contribution is 2.47. The molecular formula is C36H23N. The molecule has 0 N–H and O–H groups in total. The Balaban J connectivity index is 1.46. The van der Waals surface area contributed by atoms with E-state index in [1.807, 2.05) is 0 Å². The van der Waals surface area contributed by atoms with Crippen molar-refractivity contribution in [2.45, 2.75) is 12.8 Å². The first-order valence-electron chi connectivity index (χ1n) is 13.1. The fourth-order valence-electron chi connectivity index (χ4n) is 7.06. The molecule has 1 heterocycles. The number of aromatic nitrogens is 1. The van der Waals surface area contributed by atoms with Gasteiger partial charge in [-0.3, -0.25) is 0 Å². The van der Waals surface area contributed by atoms with Crippen molar-refractivity contribution in [3.05, 3.63) is 138 Å². The monoisotopic (exact) mass is 469 g/mol. The van der Waals surface area contributed by atoms with Crippen LogP contribution in [0.5, 0.6) is 0 Å². The fraction of sp³-hybridized carbons (Fsp3) is 0.0556. The van der Waals surface area contributed by atoms with Crippen LogP contribution in [0.4, 0.5) is 0 Å². The quantitative estimate of drug-likeness (QED) is 0.226. The maximum absolute atomic E-state index is 2.53. The molecule has 0 amide bonds. The van der Waals surface area contributed by atoms with Gasteiger partial charge in [0, 0.05) is 22.0 Å². The number of fused-ring (bicyclic) bond motifs is 9. The second-order valence-corrected chi connectivity index (χ2v) is 10.5. The first kappa shape index (κ1) is 19.6. The smallest absolute Gasteiger partial charge is 0.0622 e. The lowest BCUT2D eigenvalue weighted by Gasteiger charge is -2.22. The zero-order valence-electron chi connectivity index (χ0n) is 20.3. The summed E-state index contributed by atoms with van der Waals surface area (Å²) in [6.07, 6.45) is 2.00. The Kier molecular flexibility index (Phi) is 3.69. The van der Waals surface area contributed by atoms with Crippen LogP contribution in [0.25, 0.3) is 60.5 Å². The van der Waals surface area contributed by atoms with Gasteiger partial charge in [-0.1, -0.05) is 97.1 Å². The Labute approximate surface area is 215 Å². The fourth-order valence-corrected chi connectivity index (χ4v) is 7.06. The normalized spacial score (nSPS) is 13.2. The van der Waals surface area contributed by atoms with E-state index in [0.29, 0.717) is 0 Å². The molecule has 0 aliphatic heterocycles. The number of nitrogens with zero attached hydrogens (tertiary/aromatic N) is 1. The number of hydrogen-bond donors (Lipinski definition) is 0. The van der Waals surface area contributed by atoms with Gasteiger partial charge in [-0.2, -0.15) is 0 Å². The summed E-state index contributed by atoms with van der Waals surface area (Å²) in [5.41, 5.74) is 15.0. The molecule has 0 atom stereocenters. The van der Waals surface area contributed by atoms with Gasteiger partial charge in [-0.15, -0.1) is 0 Å². The standard InChI is InChI=1S/C36H23N/c1-3-12-28-22(8-1)18-24-10-7-11-25-20-27(21-32(28)34(24)25)37-33-15-6-5-14-30(33)31-17-16-26-19-23-9-2-4-13-29(23)35(26)36(31)37/h1-17,20-21H,18-19H2. The molecule has 37 heavy (non-hydrogen) atoms. The Bertz CT molecular complexity index is 2090. The molecule has 1 nitrogen and oxygen atoms in total. The van der Waals surface area contributed by atoms with Gasteiger partial charge >= 0.3 is 0 Å². The van der Waals surface area contributed by atoms with Crippen LogP contribution in [0, 0.1) is 0 Å². The lowest BCUT2D eigenvalue weighted by Crippen LogP contribution is -2.03. The van der Waals surface area contributed by atoms with Crippen LogP contribution in [-0.4, -0.2) is 4.57 Å². The van der Waals surface area contributed by atoms with Crippen LogP contribution in [0.2, 0.25) is 0 Å². The van der Waals surface area contributed by atoms with E-state index in [1.165, 1.54) is 82.8 Å². The number of hydrogen-bond acceptors (Lipinski definition) is 0. The van der Waals surface area contributed by atoms with Crippen molar-refractivity contribution in [2.75, 3.05) is 0 Å². The van der Waals surface area contributed by atoms with Gasteiger partial charge in [0.15, 0.2) is 0 Å². The lowest BCUT2D eigenvalue weighted by molar-refractivity contribution is 1.17. The maximum atomic E-state index is 2.53. The predicted molar refractivity (Wildman–Crippen MR) is 155 cm³/mol. The van der Waals surface area contributed by atoms with Crippen molar-refractivity contribution >= 4 is 32.6 Å². The SMILES string of the molecule is c1ccc2c(c1)Cc1cccc3cc(-n4c5ccccc5c5ccc6c(c54)-c4ccccc4C6)cc-2c13. The van der Waals surface area contributed by atoms with Crippen molar-refractivity contribution in [3.8, 4) is 27.9 Å². The molecule has 7 aromatic rings. The Morgan fingerprint density at radius 2 is 1.22 bits per heavy atom. The summed E-state index contributed by atoms with van der Waals surface area (Å²) >= 11 is 0. The molecular weight excluding hydrogens is 446 g/mol. The Morgan fingerprint density at radius 3 is 2.14 bits per heavy atom. The summed E-state index contributed by atoms with van der Waals surface area (Å²) < 4.78 is 2.53. The van der Waals surface area contributed by atoms with Gasteiger partial charge in [0.2, 0.25) is 0 Å². The number of benzene rings is 6. The average molecular weight is 470 g/mol. The molecule has 0 saturated heterocycles. The van der Waals surface area contributed by atoms with Gasteiger partial charge in [-0.05, 0) is 80.8 Å². The summed E-state index contributed by atoms with van der Waals surface area (Å²) in [6, 6.07) is 43.1. The Hall–Kier alpha value is -4.62. The molecule has 0 bridgehead atoms. The van der Waals surface area contributed by atoms with Crippen LogP contribution in [0.3, 0.4) is 0 Å². The zero-order valence-corrected chi connectivity index (χ0v) is 20.3. The molecule has 0 spiro atoms. The van der Waals surface area contributed by atoms with E-state index in [2.05, 4.69) is 120 Å². The highest BCUT2D eigenvalue weighted by atomic mass is 15.0. The minimum Gasteiger partial charge on any atom is -0.309 e. The van der Waals surface area contributed by atoms with E-state index in [4.69, 9.17) is 0 Å². The molecule has 2 aliphatic rings. The first-order valence-corrected chi connectivity index (χ1v) is 13.1. The van der Waals surface area contributed by atoms with Gasteiger partial charge in [-0.25, -0.2) is 0 Å². The van der Waals surface area contributed by atoms with Gasteiger partial charge in [0.05, 0.1) is 11.0 Å². The highest BCUT2D eigenvalue weighted by Gasteiger charge is 2.26. The van der Waals surface area contributed by atoms with E-state index in [1.54, 1.807) is 0 Å². The first-order chi connectivity index (χ1) is 18.3. The summed E-state index contributed by atoms with van der Waals surface area (Å²) in [5.74, 6) is 0. The summed E-state index contributed by atoms with van der Waals surface area (Å²) in [5, 5.41) is 5.36. The van der Waals surface area contributed by atoms with Crippen LogP contribution < -0.4 is 0 Å². The largest absolute Gasteiger partial charge is 0.309 e. The molecule has 0 saturated carbocycles.